The van der Waals surface area contributed by atoms with Crippen LogP contribution in [0.15, 0.2) is 0 Å². The second kappa shape index (κ2) is 3.96. The van der Waals surface area contributed by atoms with Gasteiger partial charge in [0.1, 0.15) is 0 Å². The number of hydrogen-bond donors (Lipinski definition) is 1. The van der Waals surface area contributed by atoms with Crippen LogP contribution < -0.4 is 5.32 Å². The highest BCUT2D eigenvalue weighted by Crippen LogP contribution is 2.33. The summed E-state index contributed by atoms with van der Waals surface area (Å²) in [6, 6.07) is 0. The zero-order chi connectivity index (χ0) is 11.2. The molecule has 3 fully saturated rings. The SMILES string of the molecule is O=S(=O)(C1CCCC1)N1C[C@H]2CNC[C@H]2C1. The van der Waals surface area contributed by atoms with Gasteiger partial charge in [0.2, 0.25) is 10.0 Å². The van der Waals surface area contributed by atoms with Gasteiger partial charge in [0, 0.05) is 13.1 Å². The summed E-state index contributed by atoms with van der Waals surface area (Å²) >= 11 is 0. The Hall–Kier alpha value is -0.130. The Morgan fingerprint density at radius 3 is 2.12 bits per heavy atom. The average molecular weight is 244 g/mol. The van der Waals surface area contributed by atoms with Gasteiger partial charge in [-0.3, -0.25) is 0 Å². The highest BCUT2D eigenvalue weighted by molar-refractivity contribution is 7.89. The lowest BCUT2D eigenvalue weighted by Crippen LogP contribution is -2.37. The van der Waals surface area contributed by atoms with Gasteiger partial charge >= 0.3 is 0 Å². The predicted octanol–water partition coefficient (Wildman–Crippen LogP) is 0.410. The zero-order valence-electron chi connectivity index (χ0n) is 9.56. The summed E-state index contributed by atoms with van der Waals surface area (Å²) in [4.78, 5) is 0. The van der Waals surface area contributed by atoms with E-state index in [-0.39, 0.29) is 5.25 Å². The monoisotopic (exact) mass is 244 g/mol. The van der Waals surface area contributed by atoms with Crippen molar-refractivity contribution in [2.24, 2.45) is 11.8 Å². The number of hydrogen-bond acceptors (Lipinski definition) is 3. The molecule has 1 N–H and O–H groups in total. The maximum Gasteiger partial charge on any atom is 0.216 e. The molecule has 2 heterocycles. The molecule has 1 saturated carbocycles. The lowest BCUT2D eigenvalue weighted by Gasteiger charge is -2.21. The van der Waals surface area contributed by atoms with E-state index in [9.17, 15) is 8.42 Å². The van der Waals surface area contributed by atoms with E-state index in [0.29, 0.717) is 11.8 Å². The van der Waals surface area contributed by atoms with Gasteiger partial charge in [-0.2, -0.15) is 0 Å². The van der Waals surface area contributed by atoms with Crippen LogP contribution in [0.25, 0.3) is 0 Å². The first kappa shape index (κ1) is 11.0. The first-order chi connectivity index (χ1) is 7.68. The van der Waals surface area contributed by atoms with Crippen molar-refractivity contribution in [2.75, 3.05) is 26.2 Å². The Kier molecular flexibility index (Phi) is 2.72. The Morgan fingerprint density at radius 2 is 1.56 bits per heavy atom. The molecule has 92 valence electrons. The fraction of sp³-hybridized carbons (Fsp3) is 1.00. The van der Waals surface area contributed by atoms with Gasteiger partial charge in [0.05, 0.1) is 5.25 Å². The van der Waals surface area contributed by atoms with Crippen LogP contribution in [0.2, 0.25) is 0 Å². The third-order valence-corrected chi connectivity index (χ3v) is 6.77. The van der Waals surface area contributed by atoms with Crippen LogP contribution in [-0.4, -0.2) is 44.2 Å². The van der Waals surface area contributed by atoms with E-state index < -0.39 is 10.0 Å². The molecule has 2 aliphatic heterocycles. The Balaban J connectivity index is 1.73. The van der Waals surface area contributed by atoms with Crippen LogP contribution in [0.5, 0.6) is 0 Å². The fourth-order valence-corrected chi connectivity index (χ4v) is 5.57. The summed E-state index contributed by atoms with van der Waals surface area (Å²) in [7, 11) is -2.97. The smallest absolute Gasteiger partial charge is 0.216 e. The number of nitrogens with one attached hydrogen (secondary N) is 1. The van der Waals surface area contributed by atoms with Crippen LogP contribution in [0, 0.1) is 11.8 Å². The van der Waals surface area contributed by atoms with Crippen LogP contribution in [0.1, 0.15) is 25.7 Å². The molecular formula is C11H20N2O2S. The minimum absolute atomic E-state index is 0.0701. The molecule has 0 aromatic carbocycles. The van der Waals surface area contributed by atoms with Crippen molar-refractivity contribution < 1.29 is 8.42 Å². The third kappa shape index (κ3) is 1.69. The van der Waals surface area contributed by atoms with Gasteiger partial charge < -0.3 is 5.32 Å². The van der Waals surface area contributed by atoms with Gasteiger partial charge in [-0.05, 0) is 37.8 Å². The van der Waals surface area contributed by atoms with Gasteiger partial charge in [0.25, 0.3) is 0 Å². The maximum atomic E-state index is 12.4. The van der Waals surface area contributed by atoms with Crippen molar-refractivity contribution in [1.82, 2.24) is 9.62 Å². The Bertz CT molecular complexity index is 350. The highest BCUT2D eigenvalue weighted by atomic mass is 32.2. The van der Waals surface area contributed by atoms with Crippen molar-refractivity contribution >= 4 is 10.0 Å². The predicted molar refractivity (Wildman–Crippen MR) is 62.6 cm³/mol. The molecule has 0 radical (unpaired) electrons. The van der Waals surface area contributed by atoms with E-state index in [2.05, 4.69) is 5.32 Å². The topological polar surface area (TPSA) is 49.4 Å². The van der Waals surface area contributed by atoms with Crippen molar-refractivity contribution in [3.05, 3.63) is 0 Å². The van der Waals surface area contributed by atoms with Crippen LogP contribution in [-0.2, 0) is 10.0 Å². The highest BCUT2D eigenvalue weighted by Gasteiger charge is 2.43. The van der Waals surface area contributed by atoms with E-state index in [0.717, 1.165) is 51.9 Å². The molecule has 1 aliphatic carbocycles. The summed E-state index contributed by atoms with van der Waals surface area (Å²) in [5.41, 5.74) is 0. The summed E-state index contributed by atoms with van der Waals surface area (Å²) < 4.78 is 26.5. The molecule has 3 rings (SSSR count). The van der Waals surface area contributed by atoms with Gasteiger partial charge in [-0.1, -0.05) is 12.8 Å². The van der Waals surface area contributed by atoms with Crippen LogP contribution in [0.4, 0.5) is 0 Å². The summed E-state index contributed by atoms with van der Waals surface area (Å²) in [5.74, 6) is 1.13. The summed E-state index contributed by atoms with van der Waals surface area (Å²) in [6.07, 6.45) is 3.94. The van der Waals surface area contributed by atoms with Gasteiger partial charge in [-0.25, -0.2) is 12.7 Å². The number of nitrogens with zero attached hydrogens (tertiary/aromatic N) is 1. The molecule has 3 aliphatic rings. The van der Waals surface area contributed by atoms with E-state index in [1.54, 1.807) is 4.31 Å². The minimum Gasteiger partial charge on any atom is -0.316 e. The van der Waals surface area contributed by atoms with Crippen molar-refractivity contribution in [3.8, 4) is 0 Å². The number of sulfonamides is 1. The molecule has 0 aromatic rings. The van der Waals surface area contributed by atoms with E-state index >= 15 is 0 Å². The second-order valence-electron chi connectivity index (χ2n) is 5.45. The van der Waals surface area contributed by atoms with Crippen molar-refractivity contribution in [1.29, 1.82) is 0 Å². The number of rotatable bonds is 2. The van der Waals surface area contributed by atoms with Crippen LogP contribution in [0.3, 0.4) is 0 Å². The largest absolute Gasteiger partial charge is 0.316 e. The third-order valence-electron chi connectivity index (χ3n) is 4.44. The standard InChI is InChI=1S/C11H20N2O2S/c14-16(15,11-3-1-2-4-11)13-7-9-5-12-6-10(9)8-13/h9-12H,1-8H2/t9-,10+. The van der Waals surface area contributed by atoms with Crippen LogP contribution >= 0.6 is 0 Å². The molecule has 0 bridgehead atoms. The van der Waals surface area contributed by atoms with E-state index in [4.69, 9.17) is 0 Å². The number of fused-ring (bicyclic) bond motifs is 1. The first-order valence-electron chi connectivity index (χ1n) is 6.37. The fourth-order valence-electron chi connectivity index (χ4n) is 3.42. The Morgan fingerprint density at radius 1 is 1.00 bits per heavy atom. The van der Waals surface area contributed by atoms with Crippen molar-refractivity contribution in [2.45, 2.75) is 30.9 Å². The molecular weight excluding hydrogens is 224 g/mol. The normalized spacial score (nSPS) is 37.0. The van der Waals surface area contributed by atoms with Crippen molar-refractivity contribution in [3.63, 3.8) is 0 Å². The molecule has 5 heteroatoms. The molecule has 16 heavy (non-hydrogen) atoms. The van der Waals surface area contributed by atoms with Gasteiger partial charge in [-0.15, -0.1) is 0 Å². The minimum atomic E-state index is -2.97. The Labute approximate surface area is 97.4 Å². The molecule has 2 saturated heterocycles. The first-order valence-corrected chi connectivity index (χ1v) is 7.88. The van der Waals surface area contributed by atoms with E-state index in [1.165, 1.54) is 0 Å². The quantitative estimate of drug-likeness (QED) is 0.765. The lowest BCUT2D eigenvalue weighted by atomic mass is 10.0. The zero-order valence-corrected chi connectivity index (χ0v) is 10.4. The molecule has 0 aromatic heterocycles. The molecule has 0 unspecified atom stereocenters. The molecule has 0 spiro atoms. The lowest BCUT2D eigenvalue weighted by molar-refractivity contribution is 0.438. The van der Waals surface area contributed by atoms with E-state index in [1.807, 2.05) is 0 Å². The van der Waals surface area contributed by atoms with Gasteiger partial charge in [0.15, 0.2) is 0 Å². The second-order valence-corrected chi connectivity index (χ2v) is 7.66. The molecule has 2 atom stereocenters. The molecule has 4 nitrogen and oxygen atoms in total. The molecule has 0 amide bonds. The summed E-state index contributed by atoms with van der Waals surface area (Å²) in [6.45, 7) is 3.52. The summed E-state index contributed by atoms with van der Waals surface area (Å²) in [5, 5.41) is 3.27. The maximum absolute atomic E-state index is 12.4. The average Bonchev–Trinajstić information content (AvgIpc) is 2.94.